The zero-order valence-electron chi connectivity index (χ0n) is 21.2. The largest absolute Gasteiger partial charge is 0.378 e. The molecule has 36 heavy (non-hydrogen) atoms. The van der Waals surface area contributed by atoms with Crippen LogP contribution in [0.2, 0.25) is 5.02 Å². The summed E-state index contributed by atoms with van der Waals surface area (Å²) in [7, 11) is -3.35. The summed E-state index contributed by atoms with van der Waals surface area (Å²) in [6.07, 6.45) is 2.94. The lowest BCUT2D eigenvalue weighted by atomic mass is 10.0. The van der Waals surface area contributed by atoms with E-state index in [2.05, 4.69) is 0 Å². The first-order valence-corrected chi connectivity index (χ1v) is 15.8. The lowest BCUT2D eigenvalue weighted by molar-refractivity contribution is 0.342. The summed E-state index contributed by atoms with van der Waals surface area (Å²) >= 11 is 6.11. The van der Waals surface area contributed by atoms with Crippen LogP contribution in [0, 0.1) is 5.92 Å². The van der Waals surface area contributed by atoms with E-state index in [1.807, 2.05) is 44.1 Å². The van der Waals surface area contributed by atoms with Gasteiger partial charge in [-0.25, -0.2) is 16.8 Å². The second-order valence-corrected chi connectivity index (χ2v) is 14.8. The van der Waals surface area contributed by atoms with Crippen molar-refractivity contribution in [3.8, 4) is 0 Å². The van der Waals surface area contributed by atoms with Crippen LogP contribution in [0.1, 0.15) is 43.7 Å². The monoisotopic (exact) mass is 553 g/mol. The molecule has 0 aliphatic carbocycles. The Kier molecular flexibility index (Phi) is 8.36. The molecule has 0 saturated carbocycles. The first-order chi connectivity index (χ1) is 17.0. The van der Waals surface area contributed by atoms with E-state index < -0.39 is 25.3 Å². The highest BCUT2D eigenvalue weighted by Gasteiger charge is 2.36. The first kappa shape index (κ1) is 27.4. The minimum Gasteiger partial charge on any atom is -0.378 e. The van der Waals surface area contributed by atoms with Crippen LogP contribution < -0.4 is 4.90 Å². The molecule has 2 aromatic carbocycles. The molecular weight excluding hydrogens is 518 g/mol. The van der Waals surface area contributed by atoms with Crippen molar-refractivity contribution in [3.63, 3.8) is 0 Å². The Balaban J connectivity index is 1.48. The van der Waals surface area contributed by atoms with Gasteiger partial charge in [-0.3, -0.25) is 0 Å². The van der Waals surface area contributed by atoms with Crippen LogP contribution >= 0.6 is 11.6 Å². The molecule has 0 amide bonds. The number of rotatable bonds is 5. The van der Waals surface area contributed by atoms with E-state index in [0.717, 1.165) is 16.8 Å². The van der Waals surface area contributed by atoms with Crippen LogP contribution in [0.25, 0.3) is 0 Å². The minimum atomic E-state index is -3.66. The average Bonchev–Trinajstić information content (AvgIpc) is 2.94. The van der Waals surface area contributed by atoms with Crippen molar-refractivity contribution in [2.75, 3.05) is 38.6 Å². The lowest BCUT2D eigenvalue weighted by Gasteiger charge is -2.32. The number of benzene rings is 2. The van der Waals surface area contributed by atoms with Gasteiger partial charge in [0.15, 0.2) is 0 Å². The summed E-state index contributed by atoms with van der Waals surface area (Å²) in [4.78, 5) is 2.20. The van der Waals surface area contributed by atoms with Crippen molar-refractivity contribution in [1.82, 2.24) is 8.61 Å². The highest BCUT2D eigenvalue weighted by molar-refractivity contribution is 7.89. The minimum absolute atomic E-state index is 0.0884. The average molecular weight is 554 g/mol. The third-order valence-electron chi connectivity index (χ3n) is 7.28. The van der Waals surface area contributed by atoms with E-state index in [1.54, 1.807) is 28.6 Å². The second-order valence-electron chi connectivity index (χ2n) is 10.3. The quantitative estimate of drug-likeness (QED) is 0.549. The molecule has 4 rings (SSSR count). The molecule has 1 unspecified atom stereocenters. The Morgan fingerprint density at radius 3 is 2.33 bits per heavy atom. The summed E-state index contributed by atoms with van der Waals surface area (Å²) in [6, 6.07) is 12.6. The van der Waals surface area contributed by atoms with Crippen LogP contribution in [0.3, 0.4) is 0 Å². The molecule has 0 spiro atoms. The fraction of sp³-hybridized carbons (Fsp3) is 0.538. The van der Waals surface area contributed by atoms with Crippen LogP contribution in [0.15, 0.2) is 47.4 Å². The van der Waals surface area contributed by atoms with Crippen LogP contribution in [-0.4, -0.2) is 64.4 Å². The Labute approximate surface area is 221 Å². The summed E-state index contributed by atoms with van der Waals surface area (Å²) in [5.74, 6) is -0.0884. The Bertz CT molecular complexity index is 1280. The van der Waals surface area contributed by atoms with Crippen molar-refractivity contribution in [1.29, 1.82) is 0 Å². The SMILES string of the molecule is C[C@@H]1CC(S(=O)(=O)N2CCc3cc(Cl)ccc3C2)CCCCN(S(=O)(=O)c2ccc(N(C)C)cc2)C1. The number of hydrogen-bond acceptors (Lipinski definition) is 5. The van der Waals surface area contributed by atoms with Crippen LogP contribution in [0.4, 0.5) is 5.69 Å². The number of nitrogens with zero attached hydrogens (tertiary/aromatic N) is 3. The van der Waals surface area contributed by atoms with Gasteiger partial charge in [-0.2, -0.15) is 8.61 Å². The van der Waals surface area contributed by atoms with Crippen molar-refractivity contribution in [2.45, 2.75) is 55.7 Å². The van der Waals surface area contributed by atoms with E-state index in [9.17, 15) is 16.8 Å². The van der Waals surface area contributed by atoms with Gasteiger partial charge in [0.05, 0.1) is 10.1 Å². The Morgan fingerprint density at radius 1 is 0.917 bits per heavy atom. The van der Waals surface area contributed by atoms with Gasteiger partial charge >= 0.3 is 0 Å². The zero-order valence-corrected chi connectivity index (χ0v) is 23.6. The third-order valence-corrected chi connectivity index (χ3v) is 11.7. The molecular formula is C26H36ClN3O4S2. The molecule has 0 N–H and O–H groups in total. The zero-order chi connectivity index (χ0) is 26.1. The predicted molar refractivity (Wildman–Crippen MR) is 145 cm³/mol. The van der Waals surface area contributed by atoms with Crippen LogP contribution in [-0.2, 0) is 33.0 Å². The standard InChI is InChI=1S/C26H36ClN3O4S2/c1-20-16-26(36(33,34)30-15-13-21-17-23(27)8-7-22(21)19-30)6-4-5-14-29(18-20)35(31,32)25-11-9-24(10-12-25)28(2)3/h7-12,17,20,26H,4-6,13-16,18-19H2,1-3H3/t20-,26?/m1/s1. The van der Waals surface area contributed by atoms with Gasteiger partial charge in [-0.1, -0.05) is 31.0 Å². The molecule has 1 saturated heterocycles. The van der Waals surface area contributed by atoms with Gasteiger partial charge in [0.25, 0.3) is 0 Å². The van der Waals surface area contributed by atoms with Gasteiger partial charge in [-0.15, -0.1) is 0 Å². The maximum absolute atomic E-state index is 13.7. The van der Waals surface area contributed by atoms with Crippen molar-refractivity contribution in [2.24, 2.45) is 5.92 Å². The van der Waals surface area contributed by atoms with E-state index in [1.165, 1.54) is 4.31 Å². The van der Waals surface area contributed by atoms with Gasteiger partial charge in [0.2, 0.25) is 20.0 Å². The molecule has 2 heterocycles. The molecule has 1 fully saturated rings. The smallest absolute Gasteiger partial charge is 0.243 e. The highest BCUT2D eigenvalue weighted by Crippen LogP contribution is 2.31. The topological polar surface area (TPSA) is 78.0 Å². The van der Waals surface area contributed by atoms with Gasteiger partial charge < -0.3 is 4.90 Å². The summed E-state index contributed by atoms with van der Waals surface area (Å²) < 4.78 is 57.4. The second kappa shape index (κ2) is 11.0. The molecule has 198 valence electrons. The predicted octanol–water partition coefficient (Wildman–Crippen LogP) is 4.36. The fourth-order valence-corrected chi connectivity index (χ4v) is 9.13. The van der Waals surface area contributed by atoms with Crippen LogP contribution in [0.5, 0.6) is 0 Å². The van der Waals surface area contributed by atoms with Crippen molar-refractivity contribution < 1.29 is 16.8 Å². The Hall–Kier alpha value is -1.65. The maximum atomic E-state index is 13.7. The molecule has 0 aromatic heterocycles. The molecule has 7 nitrogen and oxygen atoms in total. The third kappa shape index (κ3) is 5.91. The first-order valence-electron chi connectivity index (χ1n) is 12.5. The van der Waals surface area contributed by atoms with E-state index in [4.69, 9.17) is 11.6 Å². The van der Waals surface area contributed by atoms with Gasteiger partial charge in [0, 0.05) is 51.0 Å². The number of anilines is 1. The molecule has 2 aromatic rings. The number of fused-ring (bicyclic) bond motifs is 1. The normalized spacial score (nSPS) is 22.8. The van der Waals surface area contributed by atoms with E-state index in [-0.39, 0.29) is 10.8 Å². The summed E-state index contributed by atoms with van der Waals surface area (Å²) in [5, 5.41) is 0.159. The molecule has 2 aliphatic heterocycles. The van der Waals surface area contributed by atoms with Crippen molar-refractivity contribution >= 4 is 37.3 Å². The Morgan fingerprint density at radius 2 is 1.64 bits per heavy atom. The molecule has 0 bridgehead atoms. The fourth-order valence-electron chi connectivity index (χ4n) is 5.22. The lowest BCUT2D eigenvalue weighted by Crippen LogP contribution is -2.43. The summed E-state index contributed by atoms with van der Waals surface area (Å²) in [6.45, 7) is 3.48. The molecule has 0 radical (unpaired) electrons. The van der Waals surface area contributed by atoms with E-state index >= 15 is 0 Å². The highest BCUT2D eigenvalue weighted by atomic mass is 35.5. The van der Waals surface area contributed by atoms with Gasteiger partial charge in [-0.05, 0) is 79.1 Å². The van der Waals surface area contributed by atoms with Crippen molar-refractivity contribution in [3.05, 3.63) is 58.6 Å². The molecule has 2 atom stereocenters. The number of halogens is 1. The molecule has 10 heteroatoms. The number of sulfonamides is 2. The summed E-state index contributed by atoms with van der Waals surface area (Å²) in [5.41, 5.74) is 3.04. The number of hydrogen-bond donors (Lipinski definition) is 0. The molecule has 2 aliphatic rings. The maximum Gasteiger partial charge on any atom is 0.243 e. The van der Waals surface area contributed by atoms with E-state index in [0.29, 0.717) is 63.3 Å². The van der Waals surface area contributed by atoms with Gasteiger partial charge in [0.1, 0.15) is 0 Å².